The van der Waals surface area contributed by atoms with Gasteiger partial charge in [0.15, 0.2) is 0 Å². The lowest BCUT2D eigenvalue weighted by molar-refractivity contribution is 0.157. The van der Waals surface area contributed by atoms with Gasteiger partial charge >= 0.3 is 0 Å². The van der Waals surface area contributed by atoms with Gasteiger partial charge in [0, 0.05) is 29.4 Å². The lowest BCUT2D eigenvalue weighted by Crippen LogP contribution is -2.27. The second-order valence-corrected chi connectivity index (χ2v) is 5.78. The highest BCUT2D eigenvalue weighted by Gasteiger charge is 2.13. The van der Waals surface area contributed by atoms with Gasteiger partial charge < -0.3 is 10.4 Å². The predicted molar refractivity (Wildman–Crippen MR) is 79.2 cm³/mol. The van der Waals surface area contributed by atoms with Crippen molar-refractivity contribution < 1.29 is 5.11 Å². The van der Waals surface area contributed by atoms with Crippen molar-refractivity contribution >= 4 is 11.3 Å². The molecule has 4 heteroatoms. The van der Waals surface area contributed by atoms with Crippen LogP contribution in [0.25, 0.3) is 0 Å². The number of pyridine rings is 1. The Morgan fingerprint density at radius 2 is 2.21 bits per heavy atom. The summed E-state index contributed by atoms with van der Waals surface area (Å²) in [6.45, 7) is 4.91. The fraction of sp³-hybridized carbons (Fsp3) is 0.400. The molecule has 0 radical (unpaired) electrons. The first-order valence-corrected chi connectivity index (χ1v) is 7.40. The number of thiophene rings is 1. The Morgan fingerprint density at radius 3 is 2.89 bits per heavy atom. The van der Waals surface area contributed by atoms with Crippen LogP contribution >= 0.6 is 11.3 Å². The Labute approximate surface area is 118 Å². The summed E-state index contributed by atoms with van der Waals surface area (Å²) in [6, 6.07) is 8.25. The largest absolute Gasteiger partial charge is 0.388 e. The molecule has 0 saturated carbocycles. The lowest BCUT2D eigenvalue weighted by atomic mass is 10.1. The van der Waals surface area contributed by atoms with E-state index >= 15 is 0 Å². The fourth-order valence-electron chi connectivity index (χ4n) is 2.00. The Hall–Kier alpha value is -1.23. The molecule has 2 N–H and O–H groups in total. The predicted octanol–water partition coefficient (Wildman–Crippen LogP) is 3.05. The van der Waals surface area contributed by atoms with Crippen molar-refractivity contribution in [3.63, 3.8) is 0 Å². The zero-order valence-corrected chi connectivity index (χ0v) is 12.2. The third kappa shape index (κ3) is 4.13. The average Bonchev–Trinajstić information content (AvgIpc) is 2.91. The minimum absolute atomic E-state index is 0.261. The molecular formula is C15H20N2OS. The summed E-state index contributed by atoms with van der Waals surface area (Å²) >= 11 is 1.60. The minimum atomic E-state index is -0.377. The normalized spacial score (nSPS) is 14.3. The van der Waals surface area contributed by atoms with Gasteiger partial charge in [-0.3, -0.25) is 4.98 Å². The van der Waals surface area contributed by atoms with Gasteiger partial charge in [0.25, 0.3) is 0 Å². The van der Waals surface area contributed by atoms with Gasteiger partial charge in [-0.1, -0.05) is 12.1 Å². The van der Waals surface area contributed by atoms with Gasteiger partial charge in [-0.15, -0.1) is 11.3 Å². The van der Waals surface area contributed by atoms with Crippen LogP contribution in [0.15, 0.2) is 35.8 Å². The topological polar surface area (TPSA) is 45.2 Å². The Balaban J connectivity index is 1.82. The molecule has 2 atom stereocenters. The first-order valence-electron chi connectivity index (χ1n) is 6.52. The van der Waals surface area contributed by atoms with Crippen LogP contribution in [-0.4, -0.2) is 16.1 Å². The highest BCUT2D eigenvalue weighted by Crippen LogP contribution is 2.22. The molecule has 3 nitrogen and oxygen atoms in total. The first kappa shape index (κ1) is 14.2. The number of hydrogen-bond acceptors (Lipinski definition) is 4. The zero-order valence-electron chi connectivity index (χ0n) is 11.3. The summed E-state index contributed by atoms with van der Waals surface area (Å²) in [5.74, 6) is 0. The number of hydrogen-bond donors (Lipinski definition) is 2. The molecule has 0 bridgehead atoms. The van der Waals surface area contributed by atoms with Crippen molar-refractivity contribution in [3.8, 4) is 0 Å². The highest BCUT2D eigenvalue weighted by atomic mass is 32.1. The van der Waals surface area contributed by atoms with E-state index in [0.29, 0.717) is 0 Å². The van der Waals surface area contributed by atoms with E-state index < -0.39 is 0 Å². The number of aryl methyl sites for hydroxylation is 1. The summed E-state index contributed by atoms with van der Waals surface area (Å²) in [4.78, 5) is 5.30. The van der Waals surface area contributed by atoms with Gasteiger partial charge in [-0.05, 0) is 43.3 Å². The van der Waals surface area contributed by atoms with Gasteiger partial charge in [-0.25, -0.2) is 0 Å². The van der Waals surface area contributed by atoms with Gasteiger partial charge in [0.2, 0.25) is 0 Å². The van der Waals surface area contributed by atoms with Crippen molar-refractivity contribution in [2.75, 3.05) is 0 Å². The molecule has 0 aliphatic rings. The summed E-state index contributed by atoms with van der Waals surface area (Å²) in [5, 5.41) is 15.5. The van der Waals surface area contributed by atoms with E-state index in [-0.39, 0.29) is 12.1 Å². The van der Waals surface area contributed by atoms with Gasteiger partial charge in [0.1, 0.15) is 0 Å². The quantitative estimate of drug-likeness (QED) is 0.852. The molecule has 102 valence electrons. The van der Waals surface area contributed by atoms with Crippen molar-refractivity contribution in [3.05, 3.63) is 52.0 Å². The third-order valence-electron chi connectivity index (χ3n) is 3.21. The molecule has 0 aromatic carbocycles. The molecule has 0 aliphatic heterocycles. The molecule has 2 aromatic heterocycles. The van der Waals surface area contributed by atoms with Gasteiger partial charge in [-0.2, -0.15) is 0 Å². The van der Waals surface area contributed by atoms with Crippen LogP contribution in [0.5, 0.6) is 0 Å². The molecule has 0 aliphatic carbocycles. The molecule has 2 aromatic rings. The average molecular weight is 276 g/mol. The van der Waals surface area contributed by atoms with Gasteiger partial charge in [0.05, 0.1) is 6.10 Å². The van der Waals surface area contributed by atoms with E-state index in [2.05, 4.69) is 23.3 Å². The maximum Gasteiger partial charge on any atom is 0.0896 e. The molecule has 2 rings (SSSR count). The van der Waals surface area contributed by atoms with E-state index in [9.17, 15) is 5.11 Å². The number of aromatic nitrogens is 1. The zero-order chi connectivity index (χ0) is 13.7. The molecule has 0 unspecified atom stereocenters. The standard InChI is InChI=1S/C15H20N2OS/c1-11(9-14(18)15-6-4-8-19-15)17-10-13-5-3-7-16-12(13)2/h3-8,11,14,17-18H,9-10H2,1-2H3/t11-,14+/m0/s1. The number of nitrogens with one attached hydrogen (secondary N) is 1. The fourth-order valence-corrected chi connectivity index (χ4v) is 2.73. The maximum atomic E-state index is 10.1. The number of rotatable bonds is 6. The van der Waals surface area contributed by atoms with E-state index in [1.807, 2.05) is 36.7 Å². The molecule has 2 heterocycles. The smallest absolute Gasteiger partial charge is 0.0896 e. The van der Waals surface area contributed by atoms with Crippen LogP contribution in [0.4, 0.5) is 0 Å². The van der Waals surface area contributed by atoms with Crippen LogP contribution in [0, 0.1) is 6.92 Å². The molecule has 0 amide bonds. The molecule has 0 spiro atoms. The van der Waals surface area contributed by atoms with Crippen LogP contribution in [0.3, 0.4) is 0 Å². The monoisotopic (exact) mass is 276 g/mol. The summed E-state index contributed by atoms with van der Waals surface area (Å²) < 4.78 is 0. The van der Waals surface area contributed by atoms with Crippen molar-refractivity contribution in [2.24, 2.45) is 0 Å². The maximum absolute atomic E-state index is 10.1. The molecule has 0 fully saturated rings. The van der Waals surface area contributed by atoms with Crippen LogP contribution in [-0.2, 0) is 6.54 Å². The number of nitrogens with zero attached hydrogens (tertiary/aromatic N) is 1. The Bertz CT molecular complexity index is 499. The van der Waals surface area contributed by atoms with Crippen molar-refractivity contribution in [1.29, 1.82) is 0 Å². The van der Waals surface area contributed by atoms with E-state index in [4.69, 9.17) is 0 Å². The van der Waals surface area contributed by atoms with Crippen LogP contribution in [0.2, 0.25) is 0 Å². The second kappa shape index (κ2) is 6.80. The minimum Gasteiger partial charge on any atom is -0.388 e. The first-order chi connectivity index (χ1) is 9.16. The molecule has 0 saturated heterocycles. The SMILES string of the molecule is Cc1ncccc1CN[C@@H](C)C[C@@H](O)c1cccs1. The van der Waals surface area contributed by atoms with E-state index in [1.165, 1.54) is 5.56 Å². The summed E-state index contributed by atoms with van der Waals surface area (Å²) in [6.07, 6.45) is 2.15. The number of aliphatic hydroxyl groups excluding tert-OH is 1. The van der Waals surface area contributed by atoms with Crippen LogP contribution < -0.4 is 5.32 Å². The third-order valence-corrected chi connectivity index (χ3v) is 4.18. The van der Waals surface area contributed by atoms with E-state index in [0.717, 1.165) is 23.5 Å². The molecule has 19 heavy (non-hydrogen) atoms. The van der Waals surface area contributed by atoms with Crippen molar-refractivity contribution in [2.45, 2.75) is 39.0 Å². The van der Waals surface area contributed by atoms with Crippen LogP contribution in [0.1, 0.15) is 35.6 Å². The number of aliphatic hydroxyl groups is 1. The Kier molecular flexibility index (Phi) is 5.07. The summed E-state index contributed by atoms with van der Waals surface area (Å²) in [5.41, 5.74) is 2.26. The molecular weight excluding hydrogens is 256 g/mol. The second-order valence-electron chi connectivity index (χ2n) is 4.80. The Morgan fingerprint density at radius 1 is 1.37 bits per heavy atom. The van der Waals surface area contributed by atoms with Crippen molar-refractivity contribution in [1.82, 2.24) is 10.3 Å². The van der Waals surface area contributed by atoms with E-state index in [1.54, 1.807) is 11.3 Å². The lowest BCUT2D eigenvalue weighted by Gasteiger charge is -2.17. The highest BCUT2D eigenvalue weighted by molar-refractivity contribution is 7.10. The summed E-state index contributed by atoms with van der Waals surface area (Å²) in [7, 11) is 0.